The van der Waals surface area contributed by atoms with Crippen LogP contribution in [0.4, 0.5) is 13.2 Å². The van der Waals surface area contributed by atoms with Crippen molar-refractivity contribution in [1.82, 2.24) is 5.32 Å². The molecule has 0 amide bonds. The van der Waals surface area contributed by atoms with Crippen molar-refractivity contribution < 1.29 is 13.2 Å². The second kappa shape index (κ2) is 5.61. The van der Waals surface area contributed by atoms with E-state index in [1.807, 2.05) is 19.1 Å². The van der Waals surface area contributed by atoms with Crippen LogP contribution in [0.1, 0.15) is 35.4 Å². The van der Waals surface area contributed by atoms with Crippen LogP contribution < -0.4 is 5.32 Å². The van der Waals surface area contributed by atoms with Gasteiger partial charge in [0.2, 0.25) is 0 Å². The molecule has 0 spiro atoms. The van der Waals surface area contributed by atoms with Crippen molar-refractivity contribution in [3.05, 3.63) is 21.9 Å². The topological polar surface area (TPSA) is 12.0 Å². The Morgan fingerprint density at radius 3 is 2.72 bits per heavy atom. The van der Waals surface area contributed by atoms with Crippen molar-refractivity contribution >= 4 is 11.3 Å². The number of alkyl halides is 3. The Morgan fingerprint density at radius 2 is 2.11 bits per heavy atom. The molecule has 2 atom stereocenters. The maximum Gasteiger partial charge on any atom is 0.391 e. The highest BCUT2D eigenvalue weighted by molar-refractivity contribution is 7.11. The molecule has 1 aromatic rings. The van der Waals surface area contributed by atoms with Gasteiger partial charge >= 0.3 is 6.18 Å². The number of rotatable bonds is 3. The molecule has 1 fully saturated rings. The minimum atomic E-state index is -4.03. The van der Waals surface area contributed by atoms with Crippen LogP contribution in [0.2, 0.25) is 0 Å². The van der Waals surface area contributed by atoms with E-state index in [0.717, 1.165) is 6.42 Å². The predicted molar refractivity (Wildman–Crippen MR) is 67.7 cm³/mol. The lowest BCUT2D eigenvalue weighted by Gasteiger charge is -2.31. The molecule has 0 radical (unpaired) electrons. The highest BCUT2D eigenvalue weighted by Gasteiger charge is 2.41. The van der Waals surface area contributed by atoms with Gasteiger partial charge in [0, 0.05) is 22.3 Å². The molecule has 1 aliphatic rings. The summed E-state index contributed by atoms with van der Waals surface area (Å²) in [7, 11) is 0. The number of hydrogen-bond acceptors (Lipinski definition) is 2. The van der Waals surface area contributed by atoms with Gasteiger partial charge in [-0.15, -0.1) is 11.3 Å². The molecule has 2 rings (SSSR count). The Hall–Kier alpha value is -0.550. The van der Waals surface area contributed by atoms with Crippen molar-refractivity contribution in [2.75, 3.05) is 0 Å². The summed E-state index contributed by atoms with van der Waals surface area (Å²) in [6.07, 6.45) is -1.98. The molecule has 1 aliphatic carbocycles. The van der Waals surface area contributed by atoms with Crippen molar-refractivity contribution in [3.8, 4) is 0 Å². The first-order chi connectivity index (χ1) is 8.45. The lowest BCUT2D eigenvalue weighted by Crippen LogP contribution is -2.38. The fourth-order valence-corrected chi connectivity index (χ4v) is 3.34. The van der Waals surface area contributed by atoms with E-state index < -0.39 is 12.1 Å². The minimum absolute atomic E-state index is 0.00720. The third-order valence-electron chi connectivity index (χ3n) is 3.50. The molecule has 0 aromatic carbocycles. The van der Waals surface area contributed by atoms with Crippen LogP contribution in [0.5, 0.6) is 0 Å². The Labute approximate surface area is 109 Å². The summed E-state index contributed by atoms with van der Waals surface area (Å²) in [6.45, 7) is 2.72. The van der Waals surface area contributed by atoms with Crippen LogP contribution in [-0.4, -0.2) is 12.2 Å². The first-order valence-electron chi connectivity index (χ1n) is 6.30. The van der Waals surface area contributed by atoms with Crippen molar-refractivity contribution in [2.45, 2.75) is 51.4 Å². The summed E-state index contributed by atoms with van der Waals surface area (Å²) in [5, 5.41) is 3.26. The minimum Gasteiger partial charge on any atom is -0.309 e. The molecule has 0 aliphatic heterocycles. The van der Waals surface area contributed by atoms with Crippen molar-refractivity contribution in [1.29, 1.82) is 0 Å². The zero-order valence-corrected chi connectivity index (χ0v) is 11.2. The summed E-state index contributed by atoms with van der Waals surface area (Å²) < 4.78 is 38.0. The number of thiophene rings is 1. The van der Waals surface area contributed by atoms with E-state index in [9.17, 15) is 13.2 Å². The lowest BCUT2D eigenvalue weighted by atomic mass is 9.85. The van der Waals surface area contributed by atoms with Gasteiger partial charge in [-0.2, -0.15) is 13.2 Å². The average Bonchev–Trinajstić information content (AvgIpc) is 2.72. The summed E-state index contributed by atoms with van der Waals surface area (Å²) in [5.41, 5.74) is 0. The highest BCUT2D eigenvalue weighted by Crippen LogP contribution is 2.37. The van der Waals surface area contributed by atoms with Crippen molar-refractivity contribution in [3.63, 3.8) is 0 Å². The smallest absolute Gasteiger partial charge is 0.309 e. The van der Waals surface area contributed by atoms with E-state index in [0.29, 0.717) is 19.4 Å². The number of aryl methyl sites for hydroxylation is 1. The molecular weight excluding hydrogens is 259 g/mol. The molecule has 0 bridgehead atoms. The predicted octanol–water partition coefficient (Wildman–Crippen LogP) is 4.27. The monoisotopic (exact) mass is 277 g/mol. The van der Waals surface area contributed by atoms with Crippen LogP contribution in [0, 0.1) is 12.8 Å². The summed E-state index contributed by atoms with van der Waals surface area (Å²) in [4.78, 5) is 2.44. The molecule has 1 nitrogen and oxygen atoms in total. The van der Waals surface area contributed by atoms with Gasteiger partial charge in [0.25, 0.3) is 0 Å². The fourth-order valence-electron chi connectivity index (χ4n) is 2.50. The van der Waals surface area contributed by atoms with E-state index >= 15 is 0 Å². The Kier molecular flexibility index (Phi) is 4.33. The second-order valence-corrected chi connectivity index (χ2v) is 6.37. The molecule has 102 valence electrons. The van der Waals surface area contributed by atoms with Gasteiger partial charge in [-0.25, -0.2) is 0 Å². The average molecular weight is 277 g/mol. The molecule has 1 heterocycles. The van der Waals surface area contributed by atoms with Gasteiger partial charge in [-0.1, -0.05) is 6.42 Å². The van der Waals surface area contributed by atoms with Gasteiger partial charge in [0.1, 0.15) is 0 Å². The van der Waals surface area contributed by atoms with Gasteiger partial charge in [0.05, 0.1) is 5.92 Å². The molecule has 0 saturated heterocycles. The maximum absolute atomic E-state index is 12.7. The number of halogens is 3. The van der Waals surface area contributed by atoms with E-state index in [4.69, 9.17) is 0 Å². The van der Waals surface area contributed by atoms with E-state index in [-0.39, 0.29) is 12.5 Å². The quantitative estimate of drug-likeness (QED) is 0.870. The third kappa shape index (κ3) is 3.72. The number of nitrogens with one attached hydrogen (secondary N) is 1. The molecule has 5 heteroatoms. The molecule has 1 aromatic heterocycles. The van der Waals surface area contributed by atoms with Gasteiger partial charge in [-0.05, 0) is 38.3 Å². The van der Waals surface area contributed by atoms with Crippen LogP contribution in [0.3, 0.4) is 0 Å². The fraction of sp³-hybridized carbons (Fsp3) is 0.692. The second-order valence-electron chi connectivity index (χ2n) is 5.00. The van der Waals surface area contributed by atoms with Gasteiger partial charge in [-0.3, -0.25) is 0 Å². The lowest BCUT2D eigenvalue weighted by molar-refractivity contribution is -0.183. The van der Waals surface area contributed by atoms with E-state index in [2.05, 4.69) is 5.32 Å². The zero-order valence-electron chi connectivity index (χ0n) is 10.4. The molecule has 2 unspecified atom stereocenters. The van der Waals surface area contributed by atoms with E-state index in [1.165, 1.54) is 9.75 Å². The molecule has 18 heavy (non-hydrogen) atoms. The normalized spacial score (nSPS) is 25.3. The van der Waals surface area contributed by atoms with Crippen LogP contribution in [0.25, 0.3) is 0 Å². The van der Waals surface area contributed by atoms with Crippen LogP contribution in [0.15, 0.2) is 12.1 Å². The van der Waals surface area contributed by atoms with Crippen molar-refractivity contribution in [2.24, 2.45) is 5.92 Å². The Bertz CT molecular complexity index is 386. The van der Waals surface area contributed by atoms with Crippen LogP contribution >= 0.6 is 11.3 Å². The SMILES string of the molecule is Cc1ccc(CNC2CCCC(C(F)(F)F)C2)s1. The standard InChI is InChI=1S/C13H18F3NS/c1-9-5-6-12(18-9)8-17-11-4-2-3-10(7-11)13(14,15)16/h5-6,10-11,17H,2-4,7-8H2,1H3. The summed E-state index contributed by atoms with van der Waals surface area (Å²) >= 11 is 1.70. The molecule has 1 saturated carbocycles. The molecular formula is C13H18F3NS. The van der Waals surface area contributed by atoms with Crippen LogP contribution in [-0.2, 0) is 6.54 Å². The summed E-state index contributed by atoms with van der Waals surface area (Å²) in [6, 6.07) is 4.09. The third-order valence-corrected chi connectivity index (χ3v) is 4.50. The van der Waals surface area contributed by atoms with Gasteiger partial charge in [0.15, 0.2) is 0 Å². The summed E-state index contributed by atoms with van der Waals surface area (Å²) in [5.74, 6) is -1.12. The first-order valence-corrected chi connectivity index (χ1v) is 7.12. The Balaban J connectivity index is 1.83. The first kappa shape index (κ1) is 13.9. The highest BCUT2D eigenvalue weighted by atomic mass is 32.1. The van der Waals surface area contributed by atoms with Gasteiger partial charge < -0.3 is 5.32 Å². The maximum atomic E-state index is 12.7. The largest absolute Gasteiger partial charge is 0.391 e. The molecule has 1 N–H and O–H groups in total. The Morgan fingerprint density at radius 1 is 1.33 bits per heavy atom. The number of hydrogen-bond donors (Lipinski definition) is 1. The van der Waals surface area contributed by atoms with E-state index in [1.54, 1.807) is 11.3 Å². The zero-order chi connectivity index (χ0) is 13.2.